The zero-order valence-electron chi connectivity index (χ0n) is 6.46. The van der Waals surface area contributed by atoms with Crippen LogP contribution in [0.25, 0.3) is 0 Å². The smallest absolute Gasteiger partial charge is 0.188 e. The summed E-state index contributed by atoms with van der Waals surface area (Å²) in [6, 6.07) is 0. The first-order valence-corrected chi connectivity index (χ1v) is 3.59. The molecule has 0 amide bonds. The van der Waals surface area contributed by atoms with E-state index in [-0.39, 0.29) is 12.7 Å². The third-order valence-corrected chi connectivity index (χ3v) is 1.67. The first-order chi connectivity index (χ1) is 4.66. The molecule has 1 heterocycles. The molecule has 3 nitrogen and oxygen atoms in total. The molecular formula is C7H14O3. The topological polar surface area (TPSA) is 38.7 Å². The van der Waals surface area contributed by atoms with Crippen LogP contribution in [0.1, 0.15) is 20.3 Å². The van der Waals surface area contributed by atoms with Crippen molar-refractivity contribution in [1.82, 2.24) is 0 Å². The van der Waals surface area contributed by atoms with Crippen LogP contribution in [-0.2, 0) is 9.47 Å². The van der Waals surface area contributed by atoms with Crippen molar-refractivity contribution in [2.75, 3.05) is 13.2 Å². The Labute approximate surface area is 60.9 Å². The fourth-order valence-electron chi connectivity index (χ4n) is 1.04. The van der Waals surface area contributed by atoms with E-state index in [1.54, 1.807) is 6.92 Å². The maximum atomic E-state index is 8.82. The van der Waals surface area contributed by atoms with Crippen LogP contribution in [0.2, 0.25) is 0 Å². The van der Waals surface area contributed by atoms with Crippen LogP contribution in [0.5, 0.6) is 0 Å². The number of hydrogen-bond acceptors (Lipinski definition) is 3. The zero-order chi connectivity index (χ0) is 7.61. The average Bonchev–Trinajstić information content (AvgIpc) is 1.88. The molecule has 0 radical (unpaired) electrons. The van der Waals surface area contributed by atoms with Crippen LogP contribution >= 0.6 is 0 Å². The van der Waals surface area contributed by atoms with Gasteiger partial charge in [-0.15, -0.1) is 0 Å². The number of ether oxygens (including phenoxy) is 2. The molecule has 0 aliphatic carbocycles. The lowest BCUT2D eigenvalue weighted by molar-refractivity contribution is -0.292. The Morgan fingerprint density at radius 2 is 2.40 bits per heavy atom. The Morgan fingerprint density at radius 3 is 2.80 bits per heavy atom. The average molecular weight is 146 g/mol. The highest BCUT2D eigenvalue weighted by atomic mass is 16.7. The molecule has 0 aromatic rings. The second kappa shape index (κ2) is 2.86. The highest BCUT2D eigenvalue weighted by Crippen LogP contribution is 2.21. The summed E-state index contributed by atoms with van der Waals surface area (Å²) in [6.45, 7) is 4.34. The lowest BCUT2D eigenvalue weighted by Crippen LogP contribution is -2.44. The lowest BCUT2D eigenvalue weighted by atomic mass is 10.2. The van der Waals surface area contributed by atoms with E-state index in [0.717, 1.165) is 6.42 Å². The van der Waals surface area contributed by atoms with Crippen molar-refractivity contribution in [1.29, 1.82) is 0 Å². The molecule has 0 aromatic carbocycles. The second-order valence-electron chi connectivity index (χ2n) is 2.86. The van der Waals surface area contributed by atoms with E-state index in [4.69, 9.17) is 14.6 Å². The maximum absolute atomic E-state index is 8.82. The van der Waals surface area contributed by atoms with Crippen molar-refractivity contribution in [3.8, 4) is 0 Å². The molecule has 0 unspecified atom stereocenters. The Morgan fingerprint density at radius 1 is 1.70 bits per heavy atom. The van der Waals surface area contributed by atoms with Crippen LogP contribution in [0.4, 0.5) is 0 Å². The number of rotatable bonds is 1. The SMILES string of the molecule is C[C@@H]1CCO[C@](C)(CO)O1. The largest absolute Gasteiger partial charge is 0.391 e. The van der Waals surface area contributed by atoms with Gasteiger partial charge < -0.3 is 14.6 Å². The first-order valence-electron chi connectivity index (χ1n) is 3.59. The van der Waals surface area contributed by atoms with E-state index >= 15 is 0 Å². The Kier molecular flexibility index (Phi) is 2.28. The van der Waals surface area contributed by atoms with Gasteiger partial charge in [0.15, 0.2) is 5.79 Å². The van der Waals surface area contributed by atoms with Crippen LogP contribution in [0.15, 0.2) is 0 Å². The molecule has 60 valence electrons. The fraction of sp³-hybridized carbons (Fsp3) is 1.00. The summed E-state index contributed by atoms with van der Waals surface area (Å²) in [5, 5.41) is 8.82. The lowest BCUT2D eigenvalue weighted by Gasteiger charge is -2.35. The van der Waals surface area contributed by atoms with E-state index in [2.05, 4.69) is 0 Å². The van der Waals surface area contributed by atoms with Crippen molar-refractivity contribution >= 4 is 0 Å². The van der Waals surface area contributed by atoms with Crippen molar-refractivity contribution in [2.24, 2.45) is 0 Å². The Bertz CT molecular complexity index is 115. The molecule has 1 fully saturated rings. The molecule has 3 heteroatoms. The van der Waals surface area contributed by atoms with Gasteiger partial charge in [-0.05, 0) is 20.3 Å². The van der Waals surface area contributed by atoms with E-state index in [1.807, 2.05) is 6.92 Å². The first kappa shape index (κ1) is 7.98. The minimum absolute atomic E-state index is 0.0721. The van der Waals surface area contributed by atoms with Crippen molar-refractivity contribution in [3.63, 3.8) is 0 Å². The number of aliphatic hydroxyl groups is 1. The molecule has 1 N–H and O–H groups in total. The summed E-state index contributed by atoms with van der Waals surface area (Å²) in [6.07, 6.45) is 1.11. The van der Waals surface area contributed by atoms with Crippen LogP contribution in [-0.4, -0.2) is 30.2 Å². The molecule has 0 spiro atoms. The molecule has 1 saturated heterocycles. The molecule has 0 bridgehead atoms. The van der Waals surface area contributed by atoms with Gasteiger partial charge in [0.2, 0.25) is 0 Å². The predicted octanol–water partition coefficient (Wildman–Crippen LogP) is 0.520. The van der Waals surface area contributed by atoms with Gasteiger partial charge in [-0.3, -0.25) is 0 Å². The van der Waals surface area contributed by atoms with Crippen molar-refractivity contribution < 1.29 is 14.6 Å². The van der Waals surface area contributed by atoms with Gasteiger partial charge in [0, 0.05) is 0 Å². The van der Waals surface area contributed by atoms with Crippen molar-refractivity contribution in [3.05, 3.63) is 0 Å². The van der Waals surface area contributed by atoms with E-state index in [0.29, 0.717) is 6.61 Å². The van der Waals surface area contributed by atoms with Gasteiger partial charge in [-0.25, -0.2) is 0 Å². The number of aliphatic hydroxyl groups excluding tert-OH is 1. The molecule has 0 aromatic heterocycles. The molecule has 1 rings (SSSR count). The summed E-state index contributed by atoms with van der Waals surface area (Å²) in [7, 11) is 0. The quantitative estimate of drug-likeness (QED) is 0.586. The van der Waals surface area contributed by atoms with E-state index in [1.165, 1.54) is 0 Å². The predicted molar refractivity (Wildman–Crippen MR) is 36.6 cm³/mol. The summed E-state index contributed by atoms with van der Waals surface area (Å²) in [5.41, 5.74) is 0. The second-order valence-corrected chi connectivity index (χ2v) is 2.86. The summed E-state index contributed by atoms with van der Waals surface area (Å²) >= 11 is 0. The Hall–Kier alpha value is -0.120. The third-order valence-electron chi connectivity index (χ3n) is 1.67. The zero-order valence-corrected chi connectivity index (χ0v) is 6.46. The van der Waals surface area contributed by atoms with Crippen LogP contribution < -0.4 is 0 Å². The van der Waals surface area contributed by atoms with Crippen LogP contribution in [0.3, 0.4) is 0 Å². The molecule has 2 atom stereocenters. The molecule has 1 aliphatic rings. The van der Waals surface area contributed by atoms with Gasteiger partial charge in [0.1, 0.15) is 0 Å². The van der Waals surface area contributed by atoms with Gasteiger partial charge in [-0.1, -0.05) is 0 Å². The van der Waals surface area contributed by atoms with E-state index < -0.39 is 5.79 Å². The highest BCUT2D eigenvalue weighted by Gasteiger charge is 2.31. The molecular weight excluding hydrogens is 132 g/mol. The van der Waals surface area contributed by atoms with Crippen molar-refractivity contribution in [2.45, 2.75) is 32.2 Å². The Balaban J connectivity index is 2.45. The van der Waals surface area contributed by atoms with Crippen LogP contribution in [0, 0.1) is 0 Å². The minimum atomic E-state index is -0.752. The number of hydrogen-bond donors (Lipinski definition) is 1. The van der Waals surface area contributed by atoms with Gasteiger partial charge in [0.05, 0.1) is 19.3 Å². The maximum Gasteiger partial charge on any atom is 0.188 e. The van der Waals surface area contributed by atoms with Gasteiger partial charge in [0.25, 0.3) is 0 Å². The fourth-order valence-corrected chi connectivity index (χ4v) is 1.04. The third kappa shape index (κ3) is 1.68. The summed E-state index contributed by atoms with van der Waals surface area (Å²) < 4.78 is 10.6. The van der Waals surface area contributed by atoms with Gasteiger partial charge in [-0.2, -0.15) is 0 Å². The minimum Gasteiger partial charge on any atom is -0.391 e. The van der Waals surface area contributed by atoms with Gasteiger partial charge >= 0.3 is 0 Å². The normalized spacial score (nSPS) is 41.7. The summed E-state index contributed by atoms with van der Waals surface area (Å²) in [5.74, 6) is -0.752. The molecule has 10 heavy (non-hydrogen) atoms. The molecule has 1 aliphatic heterocycles. The summed E-state index contributed by atoms with van der Waals surface area (Å²) in [4.78, 5) is 0. The standard InChI is InChI=1S/C7H14O3/c1-6-3-4-9-7(2,5-8)10-6/h6,8H,3-5H2,1-2H3/t6-,7+/m1/s1. The van der Waals surface area contributed by atoms with E-state index in [9.17, 15) is 0 Å². The molecule has 0 saturated carbocycles. The highest BCUT2D eigenvalue weighted by molar-refractivity contribution is 4.68. The monoisotopic (exact) mass is 146 g/mol.